The molecule has 9 heteroatoms. The minimum Gasteiger partial charge on any atom is -0.459 e. The molecule has 0 amide bonds. The molecule has 0 atom stereocenters. The Labute approximate surface area is 145 Å². The molecular weight excluding hydrogens is 348 g/mol. The van der Waals surface area contributed by atoms with Crippen LogP contribution in [0.25, 0.3) is 22.4 Å². The van der Waals surface area contributed by atoms with E-state index < -0.39 is 0 Å². The number of furan rings is 1. The lowest BCUT2D eigenvalue weighted by Gasteiger charge is -1.94. The summed E-state index contributed by atoms with van der Waals surface area (Å²) in [4.78, 5) is 5.40. The zero-order valence-electron chi connectivity index (χ0n) is 12.4. The summed E-state index contributed by atoms with van der Waals surface area (Å²) in [6, 6.07) is 7.50. The van der Waals surface area contributed by atoms with Crippen molar-refractivity contribution in [3.8, 4) is 22.4 Å². The van der Waals surface area contributed by atoms with Gasteiger partial charge in [0, 0.05) is 12.2 Å². The van der Waals surface area contributed by atoms with E-state index in [2.05, 4.69) is 20.3 Å². The van der Waals surface area contributed by atoms with Crippen LogP contribution in [0, 0.1) is 0 Å². The van der Waals surface area contributed by atoms with E-state index in [0.29, 0.717) is 35.0 Å². The number of nitrogens with zero attached hydrogens (tertiary/aromatic N) is 4. The molecule has 0 aliphatic heterocycles. The molecule has 4 rings (SSSR count). The molecule has 122 valence electrons. The van der Waals surface area contributed by atoms with Crippen LogP contribution in [0.2, 0.25) is 0 Å². The average molecular weight is 360 g/mol. The lowest BCUT2D eigenvalue weighted by atomic mass is 10.3. The molecule has 0 aliphatic rings. The predicted octanol–water partition coefficient (Wildman–Crippen LogP) is 4.17. The van der Waals surface area contributed by atoms with Crippen LogP contribution in [0.15, 0.2) is 54.5 Å². The maximum Gasteiger partial charge on any atom is 0.284 e. The van der Waals surface area contributed by atoms with Crippen LogP contribution in [0.5, 0.6) is 0 Å². The molecule has 0 fully saturated rings. The second-order valence-electron chi connectivity index (χ2n) is 4.79. The molecule has 0 N–H and O–H groups in total. The van der Waals surface area contributed by atoms with Crippen molar-refractivity contribution >= 4 is 23.1 Å². The molecule has 0 radical (unpaired) electrons. The number of aromatic nitrogens is 4. The van der Waals surface area contributed by atoms with Crippen molar-refractivity contribution < 1.29 is 13.4 Å². The highest BCUT2D eigenvalue weighted by atomic mass is 32.2. The normalized spacial score (nSPS) is 11.2. The first-order chi connectivity index (χ1) is 11.9. The standard InChI is InChI=1S/C15H12N4O3S2/c1-4-10(20-7-1)14-17-18-15(21-14)24-9-3-6-12-16-13(19-22-12)11-5-2-8-23-11/h1-2,4-5,7-8H,3,6,9H2. The number of aryl methyl sites for hydroxylation is 1. The second-order valence-corrected chi connectivity index (χ2v) is 6.79. The first kappa shape index (κ1) is 15.2. The van der Waals surface area contributed by atoms with E-state index in [4.69, 9.17) is 13.4 Å². The van der Waals surface area contributed by atoms with Gasteiger partial charge in [-0.25, -0.2) is 0 Å². The maximum atomic E-state index is 5.53. The lowest BCUT2D eigenvalue weighted by Crippen LogP contribution is -1.88. The van der Waals surface area contributed by atoms with Gasteiger partial charge >= 0.3 is 0 Å². The first-order valence-electron chi connectivity index (χ1n) is 7.25. The first-order valence-corrected chi connectivity index (χ1v) is 9.11. The van der Waals surface area contributed by atoms with Crippen molar-refractivity contribution in [2.24, 2.45) is 0 Å². The van der Waals surface area contributed by atoms with Crippen molar-refractivity contribution in [1.82, 2.24) is 20.3 Å². The van der Waals surface area contributed by atoms with Crippen LogP contribution in [0.1, 0.15) is 12.3 Å². The Kier molecular flexibility index (Phi) is 4.43. The Morgan fingerprint density at radius 1 is 1.17 bits per heavy atom. The molecule has 0 unspecified atom stereocenters. The fourth-order valence-electron chi connectivity index (χ4n) is 2.01. The van der Waals surface area contributed by atoms with Crippen molar-refractivity contribution in [2.45, 2.75) is 18.1 Å². The highest BCUT2D eigenvalue weighted by Gasteiger charge is 2.12. The quantitative estimate of drug-likeness (QED) is 0.358. The fraction of sp³-hybridized carbons (Fsp3) is 0.200. The average Bonchev–Trinajstić information content (AvgIpc) is 3.40. The Morgan fingerprint density at radius 3 is 3.00 bits per heavy atom. The molecule has 0 bridgehead atoms. The minimum absolute atomic E-state index is 0.389. The topological polar surface area (TPSA) is 91.0 Å². The number of hydrogen-bond donors (Lipinski definition) is 0. The predicted molar refractivity (Wildman–Crippen MR) is 88.7 cm³/mol. The summed E-state index contributed by atoms with van der Waals surface area (Å²) >= 11 is 3.08. The van der Waals surface area contributed by atoms with Crippen molar-refractivity contribution in [2.75, 3.05) is 5.75 Å². The third kappa shape index (κ3) is 3.41. The summed E-state index contributed by atoms with van der Waals surface area (Å²) in [5.74, 6) is 3.06. The van der Waals surface area contributed by atoms with E-state index in [9.17, 15) is 0 Å². The van der Waals surface area contributed by atoms with E-state index in [1.807, 2.05) is 17.5 Å². The highest BCUT2D eigenvalue weighted by molar-refractivity contribution is 7.99. The SMILES string of the molecule is c1coc(-c2nnc(SCCCc3nc(-c4cccs4)no3)o2)c1. The third-order valence-electron chi connectivity index (χ3n) is 3.11. The van der Waals surface area contributed by atoms with Gasteiger partial charge in [-0.1, -0.05) is 23.0 Å². The van der Waals surface area contributed by atoms with Gasteiger partial charge < -0.3 is 13.4 Å². The van der Waals surface area contributed by atoms with Crippen LogP contribution in [-0.4, -0.2) is 26.1 Å². The molecule has 7 nitrogen and oxygen atoms in total. The summed E-state index contributed by atoms with van der Waals surface area (Å²) in [5.41, 5.74) is 0. The number of rotatable bonds is 7. The Hall–Kier alpha value is -2.39. The summed E-state index contributed by atoms with van der Waals surface area (Å²) < 4.78 is 16.0. The minimum atomic E-state index is 0.389. The molecule has 0 aliphatic carbocycles. The molecule has 4 heterocycles. The van der Waals surface area contributed by atoms with E-state index >= 15 is 0 Å². The van der Waals surface area contributed by atoms with Gasteiger partial charge in [0.1, 0.15) is 0 Å². The summed E-state index contributed by atoms with van der Waals surface area (Å²) in [5, 5.41) is 14.4. The second kappa shape index (κ2) is 7.02. The van der Waals surface area contributed by atoms with E-state index in [0.717, 1.165) is 17.1 Å². The Morgan fingerprint density at radius 2 is 2.17 bits per heavy atom. The van der Waals surface area contributed by atoms with Crippen molar-refractivity contribution in [3.05, 3.63) is 41.8 Å². The zero-order valence-corrected chi connectivity index (χ0v) is 14.0. The lowest BCUT2D eigenvalue weighted by molar-refractivity contribution is 0.378. The van der Waals surface area contributed by atoms with E-state index in [1.165, 1.54) is 11.8 Å². The molecule has 4 aromatic rings. The van der Waals surface area contributed by atoms with Crippen LogP contribution >= 0.6 is 23.1 Å². The van der Waals surface area contributed by atoms with Crippen LogP contribution in [0.4, 0.5) is 0 Å². The van der Waals surface area contributed by atoms with E-state index in [-0.39, 0.29) is 0 Å². The van der Waals surface area contributed by atoms with Crippen LogP contribution in [0.3, 0.4) is 0 Å². The summed E-state index contributed by atoms with van der Waals surface area (Å²) in [6.07, 6.45) is 3.15. The molecule has 0 saturated heterocycles. The van der Waals surface area contributed by atoms with Gasteiger partial charge in [0.25, 0.3) is 11.1 Å². The van der Waals surface area contributed by atoms with Gasteiger partial charge in [-0.3, -0.25) is 0 Å². The monoisotopic (exact) mass is 360 g/mol. The van der Waals surface area contributed by atoms with Gasteiger partial charge in [-0.05, 0) is 30.0 Å². The Balaban J connectivity index is 1.26. The molecule has 0 saturated carbocycles. The van der Waals surface area contributed by atoms with Crippen molar-refractivity contribution in [3.63, 3.8) is 0 Å². The number of hydrogen-bond acceptors (Lipinski definition) is 9. The van der Waals surface area contributed by atoms with Gasteiger partial charge in [0.2, 0.25) is 11.7 Å². The van der Waals surface area contributed by atoms with Gasteiger partial charge in [0.15, 0.2) is 5.76 Å². The van der Waals surface area contributed by atoms with Gasteiger partial charge in [-0.15, -0.1) is 21.5 Å². The molecule has 24 heavy (non-hydrogen) atoms. The maximum absolute atomic E-state index is 5.53. The number of thiophene rings is 1. The summed E-state index contributed by atoms with van der Waals surface area (Å²) in [7, 11) is 0. The van der Waals surface area contributed by atoms with Crippen LogP contribution in [-0.2, 0) is 6.42 Å². The van der Waals surface area contributed by atoms with Crippen molar-refractivity contribution in [1.29, 1.82) is 0 Å². The third-order valence-corrected chi connectivity index (χ3v) is 4.88. The van der Waals surface area contributed by atoms with E-state index in [1.54, 1.807) is 29.7 Å². The van der Waals surface area contributed by atoms with Crippen LogP contribution < -0.4 is 0 Å². The largest absolute Gasteiger partial charge is 0.459 e. The smallest absolute Gasteiger partial charge is 0.284 e. The summed E-state index contributed by atoms with van der Waals surface area (Å²) in [6.45, 7) is 0. The van der Waals surface area contributed by atoms with Gasteiger partial charge in [-0.2, -0.15) is 4.98 Å². The number of thioether (sulfide) groups is 1. The molecular formula is C15H12N4O3S2. The highest BCUT2D eigenvalue weighted by Crippen LogP contribution is 2.24. The molecule has 0 aromatic carbocycles. The Bertz CT molecular complexity index is 809. The molecule has 4 aromatic heterocycles. The van der Waals surface area contributed by atoms with Gasteiger partial charge in [0.05, 0.1) is 11.1 Å². The zero-order chi connectivity index (χ0) is 16.2. The molecule has 0 spiro atoms. The fourth-order valence-corrected chi connectivity index (χ4v) is 3.36.